The topological polar surface area (TPSA) is 99.1 Å². The minimum Gasteiger partial charge on any atom is -0.378 e. The van der Waals surface area contributed by atoms with Crippen molar-refractivity contribution in [3.05, 3.63) is 76.3 Å². The first-order valence-corrected chi connectivity index (χ1v) is 7.16. The molecule has 0 radical (unpaired) electrons. The number of carbonyl (C=O) groups is 1. The van der Waals surface area contributed by atoms with Crippen LogP contribution in [0.1, 0.15) is 10.4 Å². The molecule has 3 aromatic rings. The summed E-state index contributed by atoms with van der Waals surface area (Å²) in [6.45, 7) is 0. The second kappa shape index (κ2) is 6.29. The number of rotatable bonds is 4. The first-order chi connectivity index (χ1) is 11.6. The highest BCUT2D eigenvalue weighted by Gasteiger charge is 2.19. The number of anilines is 1. The molecule has 0 saturated carbocycles. The van der Waals surface area contributed by atoms with Gasteiger partial charge in [0.15, 0.2) is 0 Å². The fourth-order valence-electron chi connectivity index (χ4n) is 2.44. The molecule has 6 nitrogen and oxygen atoms in total. The summed E-state index contributed by atoms with van der Waals surface area (Å²) in [4.78, 5) is 25.7. The summed E-state index contributed by atoms with van der Waals surface area (Å²) in [5.41, 5.74) is 8.71. The highest BCUT2D eigenvalue weighted by atomic mass is 16.6. The summed E-state index contributed by atoms with van der Waals surface area (Å²) >= 11 is 0. The molecule has 6 heteroatoms. The van der Waals surface area contributed by atoms with E-state index in [2.05, 4.69) is 4.98 Å². The van der Waals surface area contributed by atoms with Gasteiger partial charge in [-0.3, -0.25) is 14.9 Å². The predicted octanol–water partition coefficient (Wildman–Crippen LogP) is 3.72. The summed E-state index contributed by atoms with van der Waals surface area (Å²) in [5, 5.41) is 11.2. The average Bonchev–Trinajstić information content (AvgIpc) is 2.62. The van der Waals surface area contributed by atoms with E-state index < -0.39 is 4.92 Å². The lowest BCUT2D eigenvalue weighted by Crippen LogP contribution is -2.01. The summed E-state index contributed by atoms with van der Waals surface area (Å²) in [6, 6.07) is 17.5. The van der Waals surface area contributed by atoms with Crippen molar-refractivity contribution < 1.29 is 9.72 Å². The van der Waals surface area contributed by atoms with E-state index in [-0.39, 0.29) is 11.5 Å². The summed E-state index contributed by atoms with van der Waals surface area (Å²) in [6.07, 6.45) is 0.750. The van der Waals surface area contributed by atoms with E-state index in [0.29, 0.717) is 16.8 Å². The van der Waals surface area contributed by atoms with Gasteiger partial charge in [-0.1, -0.05) is 54.6 Å². The second-order valence-corrected chi connectivity index (χ2v) is 5.15. The number of pyridine rings is 1. The van der Waals surface area contributed by atoms with Gasteiger partial charge in [0.2, 0.25) is 5.82 Å². The van der Waals surface area contributed by atoms with Gasteiger partial charge in [0.05, 0.1) is 10.6 Å². The van der Waals surface area contributed by atoms with Crippen LogP contribution in [0.25, 0.3) is 22.4 Å². The molecule has 1 heterocycles. The van der Waals surface area contributed by atoms with E-state index in [4.69, 9.17) is 5.73 Å². The highest BCUT2D eigenvalue weighted by molar-refractivity contribution is 5.85. The van der Waals surface area contributed by atoms with Crippen molar-refractivity contribution in [3.8, 4) is 22.4 Å². The number of hydrogen-bond donors (Lipinski definition) is 1. The van der Waals surface area contributed by atoms with E-state index in [1.54, 1.807) is 24.3 Å². The zero-order chi connectivity index (χ0) is 17.1. The standard InChI is InChI=1S/C18H13N3O3/c19-18-16(21(23)24)10-15(13-4-2-1-3-5-13)17(20-18)14-8-6-12(11-22)7-9-14/h1-11H,(H2,19,20). The summed E-state index contributed by atoms with van der Waals surface area (Å²) in [5.74, 6) is -0.144. The number of benzene rings is 2. The number of nitrogens with zero attached hydrogens (tertiary/aromatic N) is 2. The molecule has 0 saturated heterocycles. The van der Waals surface area contributed by atoms with Gasteiger partial charge in [-0.15, -0.1) is 0 Å². The Morgan fingerprint density at radius 1 is 1.00 bits per heavy atom. The van der Waals surface area contributed by atoms with E-state index in [1.807, 2.05) is 30.3 Å². The van der Waals surface area contributed by atoms with Crippen molar-refractivity contribution in [1.29, 1.82) is 0 Å². The van der Waals surface area contributed by atoms with E-state index in [1.165, 1.54) is 6.07 Å². The molecule has 2 N–H and O–H groups in total. The van der Waals surface area contributed by atoms with Crippen LogP contribution in [0.5, 0.6) is 0 Å². The smallest absolute Gasteiger partial charge is 0.311 e. The minimum atomic E-state index is -0.548. The van der Waals surface area contributed by atoms with Crippen molar-refractivity contribution in [1.82, 2.24) is 4.98 Å². The van der Waals surface area contributed by atoms with Crippen LogP contribution in [-0.4, -0.2) is 16.2 Å². The monoisotopic (exact) mass is 319 g/mol. The predicted molar refractivity (Wildman–Crippen MR) is 91.6 cm³/mol. The Labute approximate surface area is 137 Å². The number of hydrogen-bond acceptors (Lipinski definition) is 5. The SMILES string of the molecule is Nc1nc(-c2ccc(C=O)cc2)c(-c2ccccc2)cc1[N+](=O)[O-]. The molecular weight excluding hydrogens is 306 g/mol. The van der Waals surface area contributed by atoms with E-state index >= 15 is 0 Å². The van der Waals surface area contributed by atoms with Crippen molar-refractivity contribution in [2.45, 2.75) is 0 Å². The molecule has 2 aromatic carbocycles. The molecular formula is C18H13N3O3. The van der Waals surface area contributed by atoms with E-state index in [9.17, 15) is 14.9 Å². The van der Waals surface area contributed by atoms with Gasteiger partial charge in [0.1, 0.15) is 6.29 Å². The molecule has 0 aliphatic carbocycles. The first kappa shape index (κ1) is 15.4. The van der Waals surface area contributed by atoms with E-state index in [0.717, 1.165) is 17.4 Å². The molecule has 0 fully saturated rings. The number of carbonyl (C=O) groups excluding carboxylic acids is 1. The molecule has 24 heavy (non-hydrogen) atoms. The molecule has 0 aliphatic heterocycles. The van der Waals surface area contributed by atoms with Crippen molar-refractivity contribution in [2.24, 2.45) is 0 Å². The molecule has 118 valence electrons. The number of nitrogen functional groups attached to an aromatic ring is 1. The second-order valence-electron chi connectivity index (χ2n) is 5.15. The number of aldehydes is 1. The van der Waals surface area contributed by atoms with Gasteiger partial charge in [0, 0.05) is 22.8 Å². The van der Waals surface area contributed by atoms with Crippen molar-refractivity contribution >= 4 is 17.8 Å². The fraction of sp³-hybridized carbons (Fsp3) is 0. The lowest BCUT2D eigenvalue weighted by Gasteiger charge is -2.11. The number of nitrogens with two attached hydrogens (primary N) is 1. The van der Waals surface area contributed by atoms with Crippen LogP contribution >= 0.6 is 0 Å². The molecule has 0 amide bonds. The Hall–Kier alpha value is -3.54. The Kier molecular flexibility index (Phi) is 4.03. The normalized spacial score (nSPS) is 10.3. The van der Waals surface area contributed by atoms with Gasteiger partial charge >= 0.3 is 5.69 Å². The van der Waals surface area contributed by atoms with Crippen LogP contribution in [0.15, 0.2) is 60.7 Å². The largest absolute Gasteiger partial charge is 0.378 e. The lowest BCUT2D eigenvalue weighted by molar-refractivity contribution is -0.384. The molecule has 0 bridgehead atoms. The van der Waals surface area contributed by atoms with Crippen LogP contribution in [0.2, 0.25) is 0 Å². The maximum atomic E-state index is 11.2. The number of aromatic nitrogens is 1. The zero-order valence-corrected chi connectivity index (χ0v) is 12.5. The quantitative estimate of drug-likeness (QED) is 0.449. The molecule has 3 rings (SSSR count). The highest BCUT2D eigenvalue weighted by Crippen LogP contribution is 2.35. The van der Waals surface area contributed by atoms with Gasteiger partial charge in [-0.25, -0.2) is 4.98 Å². The summed E-state index contributed by atoms with van der Waals surface area (Å²) in [7, 11) is 0. The van der Waals surface area contributed by atoms with Crippen LogP contribution < -0.4 is 5.73 Å². The molecule has 0 unspecified atom stereocenters. The maximum absolute atomic E-state index is 11.2. The molecule has 0 atom stereocenters. The van der Waals surface area contributed by atoms with Crippen molar-refractivity contribution in [3.63, 3.8) is 0 Å². The molecule has 0 aliphatic rings. The molecule has 0 spiro atoms. The van der Waals surface area contributed by atoms with Crippen LogP contribution in [0.3, 0.4) is 0 Å². The minimum absolute atomic E-state index is 0.144. The zero-order valence-electron chi connectivity index (χ0n) is 12.5. The van der Waals surface area contributed by atoms with Crippen molar-refractivity contribution in [2.75, 3.05) is 5.73 Å². The Morgan fingerprint density at radius 3 is 2.25 bits per heavy atom. The van der Waals surface area contributed by atoms with Crippen LogP contribution in [0.4, 0.5) is 11.5 Å². The fourth-order valence-corrected chi connectivity index (χ4v) is 2.44. The molecule has 1 aromatic heterocycles. The van der Waals surface area contributed by atoms with Crippen LogP contribution in [-0.2, 0) is 0 Å². The van der Waals surface area contributed by atoms with Gasteiger partial charge in [0.25, 0.3) is 0 Å². The lowest BCUT2D eigenvalue weighted by atomic mass is 9.98. The maximum Gasteiger partial charge on any atom is 0.311 e. The third-order valence-electron chi connectivity index (χ3n) is 3.63. The Bertz CT molecular complexity index is 907. The van der Waals surface area contributed by atoms with Crippen LogP contribution in [0, 0.1) is 10.1 Å². The van der Waals surface area contributed by atoms with Gasteiger partial charge < -0.3 is 5.73 Å². The summed E-state index contributed by atoms with van der Waals surface area (Å²) < 4.78 is 0. The van der Waals surface area contributed by atoms with Gasteiger partial charge in [-0.05, 0) is 5.56 Å². The average molecular weight is 319 g/mol. The number of nitro groups is 1. The first-order valence-electron chi connectivity index (χ1n) is 7.16. The van der Waals surface area contributed by atoms with Gasteiger partial charge in [-0.2, -0.15) is 0 Å². The Morgan fingerprint density at radius 2 is 1.67 bits per heavy atom. The third kappa shape index (κ3) is 2.85. The third-order valence-corrected chi connectivity index (χ3v) is 3.63. The Balaban J connectivity index is 2.25.